The van der Waals surface area contributed by atoms with E-state index in [2.05, 4.69) is 4.98 Å². The quantitative estimate of drug-likeness (QED) is 0.637. The number of hydrogen-bond acceptors (Lipinski definition) is 1. The minimum Gasteiger partial charge on any atom is -0.384 e. The van der Waals surface area contributed by atoms with Crippen molar-refractivity contribution in [2.45, 2.75) is 6.55 Å². The maximum Gasteiger partial charge on any atom is 0.243 e. The first-order chi connectivity index (χ1) is 5.34. The molecule has 0 bridgehead atoms. The van der Waals surface area contributed by atoms with Crippen LogP contribution in [0.1, 0.15) is 10.4 Å². The summed E-state index contributed by atoms with van der Waals surface area (Å²) < 4.78 is 0. The van der Waals surface area contributed by atoms with Gasteiger partial charge in [-0.05, 0) is 12.1 Å². The zero-order chi connectivity index (χ0) is 8.10. The molecule has 0 saturated carbocycles. The van der Waals surface area contributed by atoms with E-state index >= 15 is 0 Å². The SMILES string of the molecule is C[SiH2]NC(=O)c1ccccc1. The molecule has 1 amide bonds. The van der Waals surface area contributed by atoms with Gasteiger partial charge in [0.15, 0.2) is 0 Å². The molecule has 0 radical (unpaired) electrons. The van der Waals surface area contributed by atoms with Crippen LogP contribution >= 0.6 is 0 Å². The van der Waals surface area contributed by atoms with Gasteiger partial charge < -0.3 is 4.98 Å². The fraction of sp³-hybridized carbons (Fsp3) is 0.125. The van der Waals surface area contributed by atoms with Gasteiger partial charge in [-0.1, -0.05) is 24.7 Å². The highest BCUT2D eigenvalue weighted by molar-refractivity contribution is 6.36. The summed E-state index contributed by atoms with van der Waals surface area (Å²) in [5.74, 6) is 0.0553. The first-order valence-corrected chi connectivity index (χ1v) is 5.80. The molecule has 1 N–H and O–H groups in total. The molecule has 0 aromatic heterocycles. The Morgan fingerprint density at radius 2 is 2.00 bits per heavy atom. The molecule has 0 atom stereocenters. The zero-order valence-electron chi connectivity index (χ0n) is 6.50. The molecule has 11 heavy (non-hydrogen) atoms. The molecule has 0 aliphatic rings. The predicted octanol–water partition coefficient (Wildman–Crippen LogP) is 0.548. The minimum atomic E-state index is -0.377. The first kappa shape index (κ1) is 8.01. The number of nitrogens with one attached hydrogen (secondary N) is 1. The van der Waals surface area contributed by atoms with E-state index in [1.165, 1.54) is 0 Å². The largest absolute Gasteiger partial charge is 0.384 e. The number of amides is 1. The molecule has 0 heterocycles. The highest BCUT2D eigenvalue weighted by Gasteiger charge is 1.99. The lowest BCUT2D eigenvalue weighted by Crippen LogP contribution is -2.24. The van der Waals surface area contributed by atoms with Crippen molar-refractivity contribution in [2.24, 2.45) is 0 Å². The Kier molecular flexibility index (Phi) is 2.86. The van der Waals surface area contributed by atoms with Gasteiger partial charge in [0.05, 0.1) is 0 Å². The second kappa shape index (κ2) is 3.93. The normalized spacial score (nSPS) is 10.3. The molecule has 0 unspecified atom stereocenters. The monoisotopic (exact) mass is 165 g/mol. The van der Waals surface area contributed by atoms with E-state index in [0.717, 1.165) is 5.56 Å². The van der Waals surface area contributed by atoms with Crippen molar-refractivity contribution in [2.75, 3.05) is 0 Å². The van der Waals surface area contributed by atoms with Crippen LogP contribution in [-0.4, -0.2) is 15.6 Å². The summed E-state index contributed by atoms with van der Waals surface area (Å²) in [5, 5.41) is 0. The Labute approximate surface area is 68.5 Å². The highest BCUT2D eigenvalue weighted by atomic mass is 28.2. The molecule has 3 heteroatoms. The molecule has 1 aromatic rings. The summed E-state index contributed by atoms with van der Waals surface area (Å²) in [4.78, 5) is 14.0. The molecule has 0 saturated heterocycles. The Balaban J connectivity index is 2.69. The molecular formula is C8H11NOSi. The van der Waals surface area contributed by atoms with Crippen molar-refractivity contribution in [1.29, 1.82) is 0 Å². The Hall–Kier alpha value is -1.09. The van der Waals surface area contributed by atoms with Gasteiger partial charge in [-0.2, -0.15) is 0 Å². The molecule has 0 spiro atoms. The van der Waals surface area contributed by atoms with Crippen LogP contribution in [0, 0.1) is 0 Å². The van der Waals surface area contributed by atoms with Crippen LogP contribution in [0.2, 0.25) is 6.55 Å². The number of rotatable bonds is 2. The van der Waals surface area contributed by atoms with Gasteiger partial charge in [-0.3, -0.25) is 4.79 Å². The topological polar surface area (TPSA) is 29.1 Å². The lowest BCUT2D eigenvalue weighted by Gasteiger charge is -1.99. The Morgan fingerprint density at radius 3 is 2.55 bits per heavy atom. The molecule has 2 nitrogen and oxygen atoms in total. The van der Waals surface area contributed by atoms with Crippen molar-refractivity contribution in [3.63, 3.8) is 0 Å². The molecule has 58 valence electrons. The number of hydrogen-bond donors (Lipinski definition) is 1. The van der Waals surface area contributed by atoms with E-state index in [9.17, 15) is 4.79 Å². The van der Waals surface area contributed by atoms with E-state index in [4.69, 9.17) is 0 Å². The standard InChI is InChI=1S/C8H11NOSi/c1-11-9-8(10)7-5-3-2-4-6-7/h2-6H,11H2,1H3,(H,9,10). The number of carbonyl (C=O) groups excluding carboxylic acids is 1. The van der Waals surface area contributed by atoms with Gasteiger partial charge in [0.25, 0.3) is 0 Å². The third-order valence-corrected chi connectivity index (χ3v) is 2.05. The number of benzene rings is 1. The molecule has 1 aromatic carbocycles. The lowest BCUT2D eigenvalue weighted by molar-refractivity contribution is 0.0980. The van der Waals surface area contributed by atoms with Crippen molar-refractivity contribution in [3.8, 4) is 0 Å². The van der Waals surface area contributed by atoms with E-state index in [1.54, 1.807) is 0 Å². The van der Waals surface area contributed by atoms with Crippen LogP contribution in [0.3, 0.4) is 0 Å². The van der Waals surface area contributed by atoms with Crippen molar-refractivity contribution in [3.05, 3.63) is 35.9 Å². The summed E-state index contributed by atoms with van der Waals surface area (Å²) in [6.07, 6.45) is 0. The van der Waals surface area contributed by atoms with Crippen molar-refractivity contribution >= 4 is 15.6 Å². The van der Waals surface area contributed by atoms with Crippen LogP contribution in [0.4, 0.5) is 0 Å². The molecule has 0 aliphatic heterocycles. The molecule has 1 rings (SSSR count). The summed E-state index contributed by atoms with van der Waals surface area (Å²) in [5.41, 5.74) is 0.752. The molecule has 0 aliphatic carbocycles. The molecular weight excluding hydrogens is 154 g/mol. The Bertz CT molecular complexity index is 235. The maximum atomic E-state index is 11.2. The van der Waals surface area contributed by atoms with Crippen molar-refractivity contribution < 1.29 is 4.79 Å². The highest BCUT2D eigenvalue weighted by Crippen LogP contribution is 1.96. The van der Waals surface area contributed by atoms with Gasteiger partial charge in [-0.15, -0.1) is 0 Å². The summed E-state index contributed by atoms with van der Waals surface area (Å²) in [7, 11) is -0.377. The average molecular weight is 165 g/mol. The molecule has 0 fully saturated rings. The van der Waals surface area contributed by atoms with Crippen LogP contribution in [0.15, 0.2) is 30.3 Å². The Morgan fingerprint density at radius 1 is 1.36 bits per heavy atom. The van der Waals surface area contributed by atoms with Gasteiger partial charge in [0.1, 0.15) is 9.68 Å². The first-order valence-electron chi connectivity index (χ1n) is 3.68. The zero-order valence-corrected chi connectivity index (χ0v) is 7.92. The van der Waals surface area contributed by atoms with Crippen LogP contribution in [-0.2, 0) is 0 Å². The van der Waals surface area contributed by atoms with Gasteiger partial charge in [0.2, 0.25) is 5.91 Å². The van der Waals surface area contributed by atoms with E-state index in [-0.39, 0.29) is 15.6 Å². The fourth-order valence-corrected chi connectivity index (χ4v) is 1.38. The lowest BCUT2D eigenvalue weighted by atomic mass is 10.2. The van der Waals surface area contributed by atoms with E-state index in [1.807, 2.05) is 36.9 Å². The van der Waals surface area contributed by atoms with Crippen LogP contribution < -0.4 is 4.98 Å². The summed E-state index contributed by atoms with van der Waals surface area (Å²) >= 11 is 0. The third kappa shape index (κ3) is 2.20. The second-order valence-corrected chi connectivity index (χ2v) is 3.29. The number of carbonyl (C=O) groups is 1. The fourth-order valence-electron chi connectivity index (χ4n) is 0.852. The third-order valence-electron chi connectivity index (χ3n) is 1.37. The maximum absolute atomic E-state index is 11.2. The van der Waals surface area contributed by atoms with Gasteiger partial charge >= 0.3 is 0 Å². The predicted molar refractivity (Wildman–Crippen MR) is 48.3 cm³/mol. The minimum absolute atomic E-state index is 0.0553. The van der Waals surface area contributed by atoms with Crippen molar-refractivity contribution in [1.82, 2.24) is 4.98 Å². The van der Waals surface area contributed by atoms with Crippen LogP contribution in [0.5, 0.6) is 0 Å². The van der Waals surface area contributed by atoms with E-state index in [0.29, 0.717) is 0 Å². The second-order valence-electron chi connectivity index (χ2n) is 2.23. The van der Waals surface area contributed by atoms with E-state index < -0.39 is 0 Å². The summed E-state index contributed by atoms with van der Waals surface area (Å²) in [6, 6.07) is 9.27. The van der Waals surface area contributed by atoms with Gasteiger partial charge in [-0.25, -0.2) is 0 Å². The average Bonchev–Trinajstić information content (AvgIpc) is 2.07. The summed E-state index contributed by atoms with van der Waals surface area (Å²) in [6.45, 7) is 2.04. The van der Waals surface area contributed by atoms with Crippen LogP contribution in [0.25, 0.3) is 0 Å². The smallest absolute Gasteiger partial charge is 0.243 e. The van der Waals surface area contributed by atoms with Gasteiger partial charge in [0, 0.05) is 5.56 Å².